The van der Waals surface area contributed by atoms with Gasteiger partial charge in [0.2, 0.25) is 17.5 Å². The highest BCUT2D eigenvalue weighted by atomic mass is 19.4. The van der Waals surface area contributed by atoms with Crippen LogP contribution in [-0.2, 0) is 12.4 Å². The second-order valence-corrected chi connectivity index (χ2v) is 11.9. The molecule has 5 aromatic rings. The predicted molar refractivity (Wildman–Crippen MR) is 152 cm³/mol. The lowest BCUT2D eigenvalue weighted by molar-refractivity contribution is -0.143. The minimum Gasteiger partial charge on any atom is -0.263 e. The highest BCUT2D eigenvalue weighted by Gasteiger charge is 2.43. The quantitative estimate of drug-likeness (QED) is 0.0716. The van der Waals surface area contributed by atoms with Gasteiger partial charge in [0.05, 0.1) is 47.5 Å². The molecule has 0 heterocycles. The van der Waals surface area contributed by atoms with Gasteiger partial charge in [0.25, 0.3) is 0 Å². The van der Waals surface area contributed by atoms with Gasteiger partial charge in [0.15, 0.2) is 69.8 Å². The Labute approximate surface area is 297 Å². The highest BCUT2D eigenvalue weighted by molar-refractivity contribution is 6.01. The first kappa shape index (κ1) is 41.7. The van der Waals surface area contributed by atoms with Gasteiger partial charge in [-0.25, -0.2) is 65.9 Å². The van der Waals surface area contributed by atoms with Crippen molar-refractivity contribution in [1.29, 1.82) is 0 Å². The number of nitrogens with zero attached hydrogens (tertiary/aromatic N) is 1. The van der Waals surface area contributed by atoms with Crippen molar-refractivity contribution in [3.8, 4) is 33.4 Å². The molecule has 5 rings (SSSR count). The topological polar surface area (TPSA) is 0 Å². The maximum Gasteiger partial charge on any atom is 0.416 e. The third-order valence-corrected chi connectivity index (χ3v) is 8.40. The molecule has 0 saturated heterocycles. The molecule has 0 bridgehead atoms. The Kier molecular flexibility index (Phi) is 10.2. The molecule has 0 aliphatic rings. The largest absolute Gasteiger partial charge is 0.416 e. The van der Waals surface area contributed by atoms with E-state index in [0.717, 1.165) is 0 Å². The molecule has 1 nitrogen and oxygen atoms in total. The van der Waals surface area contributed by atoms with Crippen LogP contribution in [0.3, 0.4) is 0 Å². The van der Waals surface area contributed by atoms with Gasteiger partial charge in [-0.1, -0.05) is 0 Å². The van der Waals surface area contributed by atoms with E-state index in [2.05, 4.69) is 0 Å². The Balaban J connectivity index is 2.20. The molecule has 5 aromatic carbocycles. The lowest BCUT2D eigenvalue weighted by atomic mass is 9.84. The summed E-state index contributed by atoms with van der Waals surface area (Å²) < 4.78 is 305. The number of quaternary nitrogens is 1. The van der Waals surface area contributed by atoms with Crippen LogP contribution in [-0.4, -0.2) is 14.1 Å². The van der Waals surface area contributed by atoms with Crippen LogP contribution in [0.4, 0.5) is 104 Å². The van der Waals surface area contributed by atoms with E-state index in [1.165, 1.54) is 0 Å². The van der Waals surface area contributed by atoms with Crippen LogP contribution >= 0.6 is 0 Å². The van der Waals surface area contributed by atoms with Gasteiger partial charge in [-0.2, -0.15) is 26.3 Å². The molecule has 0 unspecified atom stereocenters. The number of benzene rings is 5. The number of alkyl halides is 6. The average molecular weight is 832 g/mol. The summed E-state index contributed by atoms with van der Waals surface area (Å²) in [6.45, 7) is 0. The van der Waals surface area contributed by atoms with Gasteiger partial charge >= 0.3 is 12.4 Å². The van der Waals surface area contributed by atoms with E-state index in [0.29, 0.717) is 14.1 Å². The van der Waals surface area contributed by atoms with E-state index in [4.69, 9.17) is 0 Å². The molecule has 0 spiro atoms. The summed E-state index contributed by atoms with van der Waals surface area (Å²) >= 11 is 0. The molecule has 0 saturated carbocycles. The first-order chi connectivity index (χ1) is 25.6. The van der Waals surface area contributed by atoms with E-state index in [9.17, 15) is 65.9 Å². The monoisotopic (exact) mass is 832 g/mol. The molecule has 56 heavy (non-hydrogen) atoms. The van der Waals surface area contributed by atoms with Gasteiger partial charge in [0, 0.05) is 23.8 Å². The van der Waals surface area contributed by atoms with Crippen LogP contribution in [0.1, 0.15) is 11.1 Å². The zero-order valence-electron chi connectivity index (χ0n) is 26.8. The van der Waals surface area contributed by atoms with E-state index >= 15 is 26.3 Å². The first-order valence-electron chi connectivity index (χ1n) is 14.5. The van der Waals surface area contributed by atoms with Crippen molar-refractivity contribution in [2.75, 3.05) is 14.1 Å². The van der Waals surface area contributed by atoms with Crippen molar-refractivity contribution in [3.05, 3.63) is 129 Å². The van der Waals surface area contributed by atoms with Gasteiger partial charge < -0.3 is 0 Å². The summed E-state index contributed by atoms with van der Waals surface area (Å²) in [5.74, 6) is -45.4. The van der Waals surface area contributed by atoms with Crippen LogP contribution in [0.15, 0.2) is 30.3 Å². The number of hydrogen-bond acceptors (Lipinski definition) is 0. The van der Waals surface area contributed by atoms with Crippen molar-refractivity contribution < 1.29 is 92.2 Å². The first-order valence-corrected chi connectivity index (χ1v) is 14.5. The standard InChI is InChI=1S/C34H11F21N/c1-56(2,10-6-8(33(50,51)52)5-9(7-10)34(53,54)55)12-4-3-11(14-18(35)24(41)30(47)25(42)19(14)36)13(16-20(37)26(43)31(48)27(44)21(16)38)15(12)17-22(39)28(45)32(49)29(46)23(17)40/h3-7H,1-2H3/q+1. The Bertz CT molecular complexity index is 2360. The Morgan fingerprint density at radius 3 is 0.946 bits per heavy atom. The second kappa shape index (κ2) is 13.7. The molecule has 0 aliphatic carbocycles. The smallest absolute Gasteiger partial charge is 0.263 e. The van der Waals surface area contributed by atoms with Crippen LogP contribution in [0.5, 0.6) is 0 Å². The van der Waals surface area contributed by atoms with Gasteiger partial charge in [-0.3, -0.25) is 4.48 Å². The molecule has 0 aliphatic heterocycles. The molecule has 22 heteroatoms. The average Bonchev–Trinajstić information content (AvgIpc) is 3.12. The summed E-state index contributed by atoms with van der Waals surface area (Å²) in [6.07, 6.45) is -11.3. The maximum atomic E-state index is 15.8. The molecular formula is C34H11F21N+. The summed E-state index contributed by atoms with van der Waals surface area (Å²) in [6, 6.07) is -0.638. The van der Waals surface area contributed by atoms with Crippen LogP contribution in [0.2, 0.25) is 0 Å². The molecule has 0 aromatic heterocycles. The molecule has 0 fully saturated rings. The van der Waals surface area contributed by atoms with Crippen LogP contribution < -0.4 is 4.48 Å². The number of halogens is 21. The van der Waals surface area contributed by atoms with Crippen molar-refractivity contribution in [2.24, 2.45) is 0 Å². The number of hydrogen-bond donors (Lipinski definition) is 0. The maximum absolute atomic E-state index is 15.8. The zero-order valence-corrected chi connectivity index (χ0v) is 26.8. The minimum absolute atomic E-state index is 0.0607. The van der Waals surface area contributed by atoms with E-state index in [1.54, 1.807) is 0 Å². The summed E-state index contributed by atoms with van der Waals surface area (Å²) in [7, 11) is 0.946. The third-order valence-electron chi connectivity index (χ3n) is 8.40. The SMILES string of the molecule is C[N+](C)(c1cc(C(F)(F)F)cc(C(F)(F)F)c1)c1ccc(-c2c(F)c(F)c(F)c(F)c2F)c(-c2c(F)c(F)c(F)c(F)c2F)c1-c1c(F)c(F)c(F)c(F)c1F. The zero-order chi connectivity index (χ0) is 42.5. The van der Waals surface area contributed by atoms with Crippen molar-refractivity contribution in [1.82, 2.24) is 4.48 Å². The van der Waals surface area contributed by atoms with Crippen LogP contribution in [0, 0.1) is 87.3 Å². The van der Waals surface area contributed by atoms with Crippen molar-refractivity contribution in [2.45, 2.75) is 12.4 Å². The fourth-order valence-corrected chi connectivity index (χ4v) is 5.67. The lowest BCUT2D eigenvalue weighted by Gasteiger charge is -2.33. The molecule has 298 valence electrons. The van der Waals surface area contributed by atoms with Crippen molar-refractivity contribution in [3.63, 3.8) is 0 Å². The lowest BCUT2D eigenvalue weighted by Crippen LogP contribution is -2.36. The summed E-state index contributed by atoms with van der Waals surface area (Å²) in [5, 5.41) is 0. The highest BCUT2D eigenvalue weighted by Crippen LogP contribution is 2.54. The Morgan fingerprint density at radius 2 is 0.625 bits per heavy atom. The second-order valence-electron chi connectivity index (χ2n) is 11.9. The van der Waals surface area contributed by atoms with Crippen LogP contribution in [0.25, 0.3) is 33.4 Å². The van der Waals surface area contributed by atoms with Gasteiger partial charge in [0.1, 0.15) is 11.4 Å². The van der Waals surface area contributed by atoms with Gasteiger partial charge in [-0.15, -0.1) is 0 Å². The van der Waals surface area contributed by atoms with Gasteiger partial charge in [-0.05, 0) is 17.7 Å². The Hall–Kier alpha value is -5.41. The predicted octanol–water partition coefficient (Wildman–Crippen LogP) is 12.7. The Morgan fingerprint density at radius 1 is 0.339 bits per heavy atom. The fourth-order valence-electron chi connectivity index (χ4n) is 5.67. The molecule has 0 N–H and O–H groups in total. The molecule has 0 amide bonds. The number of rotatable bonds is 5. The molecular weight excluding hydrogens is 821 g/mol. The third kappa shape index (κ3) is 6.36. The fraction of sp³-hybridized carbons (Fsp3) is 0.118. The summed E-state index contributed by atoms with van der Waals surface area (Å²) in [5.41, 5.74) is -21.3. The normalized spacial score (nSPS) is 12.6. The van der Waals surface area contributed by atoms with E-state index in [-0.39, 0.29) is 24.3 Å². The molecule has 0 radical (unpaired) electrons. The minimum atomic E-state index is -5.66. The van der Waals surface area contributed by atoms with E-state index < -0.39 is 166 Å². The van der Waals surface area contributed by atoms with E-state index in [1.807, 2.05) is 0 Å². The summed E-state index contributed by atoms with van der Waals surface area (Å²) in [4.78, 5) is 0. The molecule has 0 atom stereocenters. The van der Waals surface area contributed by atoms with Crippen molar-refractivity contribution >= 4 is 11.4 Å².